The summed E-state index contributed by atoms with van der Waals surface area (Å²) in [5.74, 6) is -1.94. The molecule has 0 aliphatic rings. The van der Waals surface area contributed by atoms with E-state index in [1.54, 1.807) is 20.3 Å². The van der Waals surface area contributed by atoms with Crippen LogP contribution < -0.4 is 40.9 Å². The van der Waals surface area contributed by atoms with E-state index in [-0.39, 0.29) is 112 Å². The van der Waals surface area contributed by atoms with Gasteiger partial charge in [0, 0.05) is 84.4 Å². The first-order valence-corrected chi connectivity index (χ1v) is 29.4. The molecule has 0 radical (unpaired) electrons. The number of hydrogen-bond acceptors (Lipinski definition) is 22. The molecule has 0 aliphatic heterocycles. The summed E-state index contributed by atoms with van der Waals surface area (Å²) >= 11 is 0. The van der Waals surface area contributed by atoms with Crippen LogP contribution in [0.1, 0.15) is 91.8 Å². The zero-order valence-electron chi connectivity index (χ0n) is 50.3. The lowest BCUT2D eigenvalue weighted by Crippen LogP contribution is -2.29. The van der Waals surface area contributed by atoms with Crippen LogP contribution >= 0.6 is 0 Å². The van der Waals surface area contributed by atoms with Crippen molar-refractivity contribution in [3.8, 4) is 28.7 Å². The van der Waals surface area contributed by atoms with E-state index in [0.29, 0.717) is 177 Å². The molecule has 0 saturated heterocycles. The second-order valence-corrected chi connectivity index (χ2v) is 18.5. The first-order chi connectivity index (χ1) is 41.6. The van der Waals surface area contributed by atoms with Crippen molar-refractivity contribution in [3.63, 3.8) is 0 Å². The predicted molar refractivity (Wildman–Crippen MR) is 310 cm³/mol. The fourth-order valence-electron chi connectivity index (χ4n) is 7.11. The molecule has 2 rings (SSSR count). The lowest BCUT2D eigenvalue weighted by molar-refractivity contribution is -0.216. The highest BCUT2D eigenvalue weighted by Gasteiger charge is 2.21. The number of unbranched alkanes of at least 4 members (excludes halogenated alkanes) is 2. The molecule has 85 heavy (non-hydrogen) atoms. The van der Waals surface area contributed by atoms with Gasteiger partial charge in [-0.1, -0.05) is 13.0 Å². The molecule has 0 atom stereocenters. The Balaban J connectivity index is 1.83. The van der Waals surface area contributed by atoms with Crippen LogP contribution in [0.5, 0.6) is 28.7 Å². The van der Waals surface area contributed by atoms with Crippen LogP contribution in [0.2, 0.25) is 0 Å². The zero-order chi connectivity index (χ0) is 61.5. The molecular weight excluding hydrogens is 1120 g/mol. The fourth-order valence-corrected chi connectivity index (χ4v) is 7.11. The maximum atomic E-state index is 13.7. The Bertz CT molecular complexity index is 1990. The van der Waals surface area contributed by atoms with Gasteiger partial charge in [0.2, 0.25) is 29.2 Å². The molecule has 0 aromatic heterocycles. The Morgan fingerprint density at radius 2 is 0.800 bits per heavy atom. The Morgan fingerprint density at radius 3 is 1.31 bits per heavy atom. The number of carbonyl (C=O) groups is 5. The number of aromatic hydroxyl groups is 2. The topological polar surface area (TPSA) is 324 Å². The molecule has 0 bridgehead atoms. The number of hydrogen-bond donors (Lipinski definition) is 7. The second-order valence-electron chi connectivity index (χ2n) is 18.5. The van der Waals surface area contributed by atoms with Gasteiger partial charge >= 0.3 is 0 Å². The van der Waals surface area contributed by atoms with Gasteiger partial charge in [-0.25, -0.2) is 0 Å². The Hall–Kier alpha value is -5.69. The third kappa shape index (κ3) is 41.1. The molecule has 0 unspecified atom stereocenters. The number of benzene rings is 2. The number of rotatable bonds is 59. The van der Waals surface area contributed by atoms with Gasteiger partial charge in [0.05, 0.1) is 131 Å². The predicted octanol–water partition coefficient (Wildman–Crippen LogP) is 3.04. The molecule has 27 heteroatoms. The van der Waals surface area contributed by atoms with Crippen molar-refractivity contribution in [1.82, 2.24) is 26.6 Å². The molecule has 0 fully saturated rings. The highest BCUT2D eigenvalue weighted by molar-refractivity contribution is 5.97. The van der Waals surface area contributed by atoms with Crippen molar-refractivity contribution >= 4 is 29.5 Å². The van der Waals surface area contributed by atoms with Gasteiger partial charge in [-0.05, 0) is 63.1 Å². The summed E-state index contributed by atoms with van der Waals surface area (Å²) in [4.78, 5) is 74.2. The summed E-state index contributed by atoms with van der Waals surface area (Å²) in [5.41, 5.74) is 0.144. The first kappa shape index (κ1) is 75.4. The van der Waals surface area contributed by atoms with Crippen molar-refractivity contribution in [2.45, 2.75) is 71.1 Å². The van der Waals surface area contributed by atoms with E-state index in [1.807, 2.05) is 6.92 Å². The molecule has 0 spiro atoms. The maximum absolute atomic E-state index is 13.7. The van der Waals surface area contributed by atoms with Gasteiger partial charge < -0.3 is 103 Å². The van der Waals surface area contributed by atoms with E-state index >= 15 is 0 Å². The minimum absolute atomic E-state index is 0.0385. The quantitative estimate of drug-likeness (QED) is 0.0217. The highest BCUT2D eigenvalue weighted by atomic mass is 17.2. The lowest BCUT2D eigenvalue weighted by atomic mass is 10.1. The number of carbonyl (C=O) groups excluding carboxylic acids is 5. The van der Waals surface area contributed by atoms with Crippen LogP contribution in [-0.4, -0.2) is 239 Å². The molecule has 7 N–H and O–H groups in total. The number of phenols is 2. The second kappa shape index (κ2) is 53.8. The Labute approximate surface area is 500 Å². The largest absolute Gasteiger partial charge is 0.504 e. The van der Waals surface area contributed by atoms with Gasteiger partial charge in [-0.3, -0.25) is 24.0 Å². The highest BCUT2D eigenvalue weighted by Crippen LogP contribution is 2.39. The standard InChI is InChI=1S/C58H97N5O22/c1-4-22-73-27-28-76-35-38-81-41-44-84-85-51-46-47(45-50(82-42-39-79-36-33-77-31-29-74-25-23-71-2)56(51)83-43-40-80-37-34-78-32-30-75-26-24-72-3)57(69)62-19-8-7-18-60-52(65)14-5-6-17-59-53(66)15-10-20-61-54(67)16-11-21-63-58(70)48-12-9-13-49(64)55(48)68/h9,12-13,45-46,64,68H,4-8,10-11,14-44H2,1-3H3,(H,59,66)(H,60,65)(H,61,67)(H,62,69)(H,63,70). The minimum Gasteiger partial charge on any atom is -0.504 e. The SMILES string of the molecule is CCCOCCOCCOCCOOc1cc(C(=O)NCCCCNC(=O)CCCCNC(=O)CCCNC(=O)CCCNC(=O)c2cccc(O)c2O)cc(OCCOCCOCCOCCOC)c1OCCOCCOCCOCCOC. The molecular formula is C58H97N5O22. The lowest BCUT2D eigenvalue weighted by Gasteiger charge is -2.18. The van der Waals surface area contributed by atoms with E-state index in [9.17, 15) is 34.2 Å². The maximum Gasteiger partial charge on any atom is 0.255 e. The van der Waals surface area contributed by atoms with E-state index in [2.05, 4.69) is 26.6 Å². The van der Waals surface area contributed by atoms with E-state index in [0.717, 1.165) is 6.42 Å². The summed E-state index contributed by atoms with van der Waals surface area (Å²) in [6.07, 6.45) is 4.76. The smallest absolute Gasteiger partial charge is 0.255 e. The van der Waals surface area contributed by atoms with Gasteiger partial charge in [0.25, 0.3) is 11.8 Å². The molecule has 0 aliphatic carbocycles. The third-order valence-corrected chi connectivity index (χ3v) is 11.5. The fraction of sp³-hybridized carbons (Fsp3) is 0.707. The van der Waals surface area contributed by atoms with Crippen molar-refractivity contribution < 1.29 is 106 Å². The van der Waals surface area contributed by atoms with Crippen LogP contribution in [0.15, 0.2) is 30.3 Å². The van der Waals surface area contributed by atoms with E-state index in [1.165, 1.54) is 24.3 Å². The monoisotopic (exact) mass is 1220 g/mol. The van der Waals surface area contributed by atoms with Crippen LogP contribution in [-0.2, 0) is 71.4 Å². The number of amides is 5. The number of nitrogens with one attached hydrogen (secondary N) is 5. The summed E-state index contributed by atoms with van der Waals surface area (Å²) in [5, 5.41) is 33.4. The Morgan fingerprint density at radius 1 is 0.412 bits per heavy atom. The average Bonchev–Trinajstić information content (AvgIpc) is 3.29. The number of phenolic OH excluding ortho intramolecular Hbond substituents is 2. The summed E-state index contributed by atoms with van der Waals surface area (Å²) < 4.78 is 72.3. The molecule has 5 amide bonds. The van der Waals surface area contributed by atoms with Crippen LogP contribution in [0, 0.1) is 0 Å². The average molecular weight is 1220 g/mol. The summed E-state index contributed by atoms with van der Waals surface area (Å²) in [6.45, 7) is 11.9. The van der Waals surface area contributed by atoms with E-state index < -0.39 is 23.3 Å². The minimum atomic E-state index is -0.565. The molecule has 0 heterocycles. The first-order valence-electron chi connectivity index (χ1n) is 29.4. The van der Waals surface area contributed by atoms with Gasteiger partial charge in [-0.15, -0.1) is 0 Å². The third-order valence-electron chi connectivity index (χ3n) is 11.5. The number of para-hydroxylation sites is 1. The summed E-state index contributed by atoms with van der Waals surface area (Å²) in [7, 11) is 3.22. The molecule has 486 valence electrons. The zero-order valence-corrected chi connectivity index (χ0v) is 50.3. The van der Waals surface area contributed by atoms with Crippen molar-refractivity contribution in [3.05, 3.63) is 41.5 Å². The van der Waals surface area contributed by atoms with Gasteiger partial charge in [-0.2, -0.15) is 4.89 Å². The molecule has 2 aromatic rings. The van der Waals surface area contributed by atoms with Crippen LogP contribution in [0.4, 0.5) is 0 Å². The molecule has 2 aromatic carbocycles. The van der Waals surface area contributed by atoms with Crippen LogP contribution in [0.3, 0.4) is 0 Å². The Kier molecular flexibility index (Phi) is 47.7. The molecule has 0 saturated carbocycles. The van der Waals surface area contributed by atoms with Crippen molar-refractivity contribution in [2.24, 2.45) is 0 Å². The number of ether oxygens (including phenoxy) is 13. The van der Waals surface area contributed by atoms with Crippen LogP contribution in [0.25, 0.3) is 0 Å². The molecule has 27 nitrogen and oxygen atoms in total. The number of methoxy groups -OCH3 is 2. The van der Waals surface area contributed by atoms with Gasteiger partial charge in [0.15, 0.2) is 17.2 Å². The van der Waals surface area contributed by atoms with Crippen molar-refractivity contribution in [1.29, 1.82) is 0 Å². The van der Waals surface area contributed by atoms with E-state index in [4.69, 9.17) is 71.4 Å². The summed E-state index contributed by atoms with van der Waals surface area (Å²) in [6, 6.07) is 7.12. The van der Waals surface area contributed by atoms with Gasteiger partial charge in [0.1, 0.15) is 19.8 Å². The normalized spacial score (nSPS) is 11.1. The van der Waals surface area contributed by atoms with Crippen molar-refractivity contribution in [2.75, 3.05) is 199 Å².